The molecule has 0 saturated carbocycles. The van der Waals surface area contributed by atoms with Gasteiger partial charge in [-0.25, -0.2) is 18.5 Å². The molecule has 1 aliphatic heterocycles. The highest BCUT2D eigenvalue weighted by Gasteiger charge is 2.26. The number of primary sulfonamides is 1. The number of carbonyl (C=O) groups excluding carboxylic acids is 1. The first-order valence-corrected chi connectivity index (χ1v) is 10.7. The molecule has 29 heavy (non-hydrogen) atoms. The fourth-order valence-electron chi connectivity index (χ4n) is 3.30. The van der Waals surface area contributed by atoms with Gasteiger partial charge >= 0.3 is 0 Å². The second-order valence-electron chi connectivity index (χ2n) is 6.88. The third-order valence-electron chi connectivity index (χ3n) is 4.84. The second-order valence-corrected chi connectivity index (χ2v) is 8.45. The molecular weight excluding hydrogens is 392 g/mol. The van der Waals surface area contributed by atoms with Gasteiger partial charge in [-0.3, -0.25) is 9.78 Å². The second kappa shape index (κ2) is 7.76. The number of hydrogen-bond acceptors (Lipinski definition) is 6. The molecule has 3 heterocycles. The summed E-state index contributed by atoms with van der Waals surface area (Å²) in [6, 6.07) is 9.53. The number of amides is 1. The van der Waals surface area contributed by atoms with Crippen LogP contribution >= 0.6 is 0 Å². The lowest BCUT2D eigenvalue weighted by atomic mass is 10.1. The molecule has 0 fully saturated rings. The number of nitrogens with two attached hydrogens (primary N) is 1. The Hall–Kier alpha value is -3.04. The number of nitrogens with zero attached hydrogens (tertiary/aromatic N) is 3. The standard InChI is InChI=1S/C20H20N4O4S/c21-29(26,27)16-6-4-15(5-7-16)20(25)24-11-9-18-17(13-24)23-19(28-18)8-3-14-2-1-10-22-12-14/h1-2,4-7,10,12H,3,8-9,11,13H2,(H2,21,26,27). The van der Waals surface area contributed by atoms with E-state index in [1.54, 1.807) is 11.1 Å². The zero-order valence-electron chi connectivity index (χ0n) is 15.6. The van der Waals surface area contributed by atoms with E-state index < -0.39 is 10.0 Å². The zero-order valence-corrected chi connectivity index (χ0v) is 16.4. The summed E-state index contributed by atoms with van der Waals surface area (Å²) in [6.45, 7) is 0.876. The summed E-state index contributed by atoms with van der Waals surface area (Å²) in [5.74, 6) is 1.29. The number of pyridine rings is 1. The van der Waals surface area contributed by atoms with Crippen LogP contribution in [0.4, 0.5) is 0 Å². The maximum Gasteiger partial charge on any atom is 0.254 e. The number of carbonyl (C=O) groups is 1. The van der Waals surface area contributed by atoms with Crippen LogP contribution in [-0.4, -0.2) is 35.7 Å². The van der Waals surface area contributed by atoms with Crippen LogP contribution in [0.1, 0.15) is 33.3 Å². The molecule has 8 nitrogen and oxygen atoms in total. The van der Waals surface area contributed by atoms with Crippen LogP contribution in [0, 0.1) is 0 Å². The number of fused-ring (bicyclic) bond motifs is 1. The number of aromatic nitrogens is 2. The third-order valence-corrected chi connectivity index (χ3v) is 5.77. The van der Waals surface area contributed by atoms with Crippen molar-refractivity contribution in [2.45, 2.75) is 30.7 Å². The minimum absolute atomic E-state index is 0.0234. The van der Waals surface area contributed by atoms with Gasteiger partial charge in [0, 0.05) is 37.3 Å². The maximum atomic E-state index is 12.8. The van der Waals surface area contributed by atoms with Crippen molar-refractivity contribution in [3.63, 3.8) is 0 Å². The normalized spacial score (nSPS) is 13.9. The summed E-state index contributed by atoms with van der Waals surface area (Å²) < 4.78 is 28.6. The number of sulfonamides is 1. The molecule has 1 amide bonds. The van der Waals surface area contributed by atoms with Gasteiger partial charge in [0.2, 0.25) is 10.0 Å². The summed E-state index contributed by atoms with van der Waals surface area (Å²) in [5, 5.41) is 5.10. The molecule has 4 rings (SSSR count). The van der Waals surface area contributed by atoms with Gasteiger partial charge in [0.25, 0.3) is 5.91 Å². The topological polar surface area (TPSA) is 119 Å². The number of oxazole rings is 1. The van der Waals surface area contributed by atoms with Crippen molar-refractivity contribution in [2.24, 2.45) is 5.14 Å². The fourth-order valence-corrected chi connectivity index (χ4v) is 3.81. The van der Waals surface area contributed by atoms with Gasteiger partial charge in [0.15, 0.2) is 5.89 Å². The van der Waals surface area contributed by atoms with E-state index in [4.69, 9.17) is 9.56 Å². The highest BCUT2D eigenvalue weighted by molar-refractivity contribution is 7.89. The number of benzene rings is 1. The SMILES string of the molecule is NS(=O)(=O)c1ccc(C(=O)N2CCc3oc(CCc4cccnc4)nc3C2)cc1. The molecule has 2 N–H and O–H groups in total. The van der Waals surface area contributed by atoms with Crippen molar-refractivity contribution < 1.29 is 17.6 Å². The van der Waals surface area contributed by atoms with E-state index in [0.29, 0.717) is 37.4 Å². The van der Waals surface area contributed by atoms with Gasteiger partial charge in [0.1, 0.15) is 11.5 Å². The molecule has 1 aromatic carbocycles. The van der Waals surface area contributed by atoms with E-state index >= 15 is 0 Å². The van der Waals surface area contributed by atoms with Crippen LogP contribution in [0.15, 0.2) is 58.1 Å². The number of aryl methyl sites for hydroxylation is 2. The Morgan fingerprint density at radius 2 is 1.97 bits per heavy atom. The molecular formula is C20H20N4O4S. The Balaban J connectivity index is 1.43. The molecule has 9 heteroatoms. The van der Waals surface area contributed by atoms with Crippen LogP contribution in [0.2, 0.25) is 0 Å². The van der Waals surface area contributed by atoms with Crippen LogP contribution in [0.5, 0.6) is 0 Å². The summed E-state index contributed by atoms with van der Waals surface area (Å²) >= 11 is 0. The molecule has 1 aliphatic rings. The molecule has 0 spiro atoms. The monoisotopic (exact) mass is 412 g/mol. The quantitative estimate of drug-likeness (QED) is 0.681. The zero-order chi connectivity index (χ0) is 20.4. The molecule has 0 aliphatic carbocycles. The Bertz CT molecular complexity index is 1130. The van der Waals surface area contributed by atoms with Gasteiger partial charge < -0.3 is 9.32 Å². The molecule has 0 radical (unpaired) electrons. The van der Waals surface area contributed by atoms with Crippen molar-refractivity contribution in [3.8, 4) is 0 Å². The van der Waals surface area contributed by atoms with Crippen molar-refractivity contribution in [1.82, 2.24) is 14.9 Å². The smallest absolute Gasteiger partial charge is 0.254 e. The highest BCUT2D eigenvalue weighted by Crippen LogP contribution is 2.22. The van der Waals surface area contributed by atoms with Crippen LogP contribution in [-0.2, 0) is 35.8 Å². The van der Waals surface area contributed by atoms with Gasteiger partial charge in [-0.2, -0.15) is 0 Å². The predicted molar refractivity (Wildman–Crippen MR) is 104 cm³/mol. The Morgan fingerprint density at radius 1 is 1.17 bits per heavy atom. The van der Waals surface area contributed by atoms with Crippen LogP contribution in [0.3, 0.4) is 0 Å². The fraction of sp³-hybridized carbons (Fsp3) is 0.250. The molecule has 3 aromatic rings. The van der Waals surface area contributed by atoms with Gasteiger partial charge in [-0.1, -0.05) is 6.07 Å². The Kier molecular flexibility index (Phi) is 5.16. The first-order chi connectivity index (χ1) is 13.9. The summed E-state index contributed by atoms with van der Waals surface area (Å²) in [4.78, 5) is 23.1. The van der Waals surface area contributed by atoms with E-state index in [-0.39, 0.29) is 10.8 Å². The molecule has 0 bridgehead atoms. The lowest BCUT2D eigenvalue weighted by Gasteiger charge is -2.25. The first kappa shape index (κ1) is 19.3. The van der Waals surface area contributed by atoms with E-state index in [9.17, 15) is 13.2 Å². The van der Waals surface area contributed by atoms with Crippen molar-refractivity contribution in [2.75, 3.05) is 6.54 Å². The Morgan fingerprint density at radius 3 is 2.66 bits per heavy atom. The van der Waals surface area contributed by atoms with E-state index in [1.165, 1.54) is 24.3 Å². The third kappa shape index (κ3) is 4.36. The first-order valence-electron chi connectivity index (χ1n) is 9.18. The van der Waals surface area contributed by atoms with Gasteiger partial charge in [-0.05, 0) is 42.3 Å². The molecule has 2 aromatic heterocycles. The van der Waals surface area contributed by atoms with E-state index in [0.717, 1.165) is 23.4 Å². The van der Waals surface area contributed by atoms with Crippen molar-refractivity contribution in [3.05, 3.63) is 77.3 Å². The minimum atomic E-state index is -3.78. The predicted octanol–water partition coefficient (Wildman–Crippen LogP) is 1.70. The molecule has 0 saturated heterocycles. The largest absolute Gasteiger partial charge is 0.445 e. The van der Waals surface area contributed by atoms with Gasteiger partial charge in [-0.15, -0.1) is 0 Å². The van der Waals surface area contributed by atoms with Crippen molar-refractivity contribution >= 4 is 15.9 Å². The van der Waals surface area contributed by atoms with E-state index in [1.807, 2.05) is 18.3 Å². The van der Waals surface area contributed by atoms with Crippen LogP contribution in [0.25, 0.3) is 0 Å². The number of hydrogen-bond donors (Lipinski definition) is 1. The average molecular weight is 412 g/mol. The maximum absolute atomic E-state index is 12.8. The highest BCUT2D eigenvalue weighted by atomic mass is 32.2. The number of rotatable bonds is 5. The molecule has 0 atom stereocenters. The van der Waals surface area contributed by atoms with E-state index in [2.05, 4.69) is 9.97 Å². The molecule has 0 unspecified atom stereocenters. The summed E-state index contributed by atoms with van der Waals surface area (Å²) in [5.41, 5.74) is 2.29. The molecule has 150 valence electrons. The van der Waals surface area contributed by atoms with Gasteiger partial charge in [0.05, 0.1) is 11.4 Å². The summed E-state index contributed by atoms with van der Waals surface area (Å²) in [7, 11) is -3.78. The Labute approximate surface area is 168 Å². The summed E-state index contributed by atoms with van der Waals surface area (Å²) in [6.07, 6.45) is 5.61. The van der Waals surface area contributed by atoms with Crippen LogP contribution < -0.4 is 5.14 Å². The lowest BCUT2D eigenvalue weighted by molar-refractivity contribution is 0.0727. The average Bonchev–Trinajstić information content (AvgIpc) is 3.14. The lowest BCUT2D eigenvalue weighted by Crippen LogP contribution is -2.35. The van der Waals surface area contributed by atoms with Crippen molar-refractivity contribution in [1.29, 1.82) is 0 Å². The minimum Gasteiger partial charge on any atom is -0.445 e.